The molecule has 18 heavy (non-hydrogen) atoms. The molecule has 1 unspecified atom stereocenters. The summed E-state index contributed by atoms with van der Waals surface area (Å²) in [5, 5.41) is 5.17. The van der Waals surface area contributed by atoms with Crippen LogP contribution in [0.2, 0.25) is 0 Å². The molecule has 5 heteroatoms. The molecule has 0 saturated heterocycles. The highest BCUT2D eigenvalue weighted by Gasteiger charge is 2.33. The highest BCUT2D eigenvalue weighted by molar-refractivity contribution is 7.80. The molecule has 0 fully saturated rings. The largest absolute Gasteiger partial charge is 0.392 e. The van der Waals surface area contributed by atoms with Crippen LogP contribution in [0.15, 0.2) is 11.4 Å². The fraction of sp³-hybridized carbons (Fsp3) is 0.538. The predicted octanol–water partition coefficient (Wildman–Crippen LogP) is 2.55. The molecule has 1 amide bonds. The molecule has 98 valence electrons. The van der Waals surface area contributed by atoms with Crippen molar-refractivity contribution in [2.45, 2.75) is 39.2 Å². The first-order valence-electron chi connectivity index (χ1n) is 6.10. The lowest BCUT2D eigenvalue weighted by Crippen LogP contribution is -2.46. The highest BCUT2D eigenvalue weighted by atomic mass is 32.1. The molecule has 3 nitrogen and oxygen atoms in total. The molecular formula is C13H18N2OS2. The van der Waals surface area contributed by atoms with Crippen molar-refractivity contribution < 1.29 is 4.79 Å². The second-order valence-corrected chi connectivity index (χ2v) is 6.65. The van der Waals surface area contributed by atoms with Gasteiger partial charge in [-0.05, 0) is 50.1 Å². The van der Waals surface area contributed by atoms with Crippen molar-refractivity contribution >= 4 is 34.5 Å². The minimum Gasteiger partial charge on any atom is -0.392 e. The third-order valence-corrected chi connectivity index (χ3v) is 5.05. The Balaban J connectivity index is 2.13. The van der Waals surface area contributed by atoms with Crippen LogP contribution in [0.4, 0.5) is 0 Å². The second kappa shape index (κ2) is 4.97. The topological polar surface area (TPSA) is 55.1 Å². The molecule has 0 aliphatic heterocycles. The van der Waals surface area contributed by atoms with Gasteiger partial charge in [0, 0.05) is 4.88 Å². The van der Waals surface area contributed by atoms with Crippen LogP contribution >= 0.6 is 23.6 Å². The smallest absolute Gasteiger partial charge is 0.232 e. The molecule has 1 aromatic rings. The van der Waals surface area contributed by atoms with Crippen LogP contribution in [-0.2, 0) is 11.2 Å². The zero-order valence-electron chi connectivity index (χ0n) is 10.7. The molecule has 0 aromatic carbocycles. The zero-order chi connectivity index (χ0) is 13.3. The van der Waals surface area contributed by atoms with E-state index in [0.717, 1.165) is 19.3 Å². The Labute approximate surface area is 117 Å². The summed E-state index contributed by atoms with van der Waals surface area (Å²) in [6, 6.07) is 2.22. The van der Waals surface area contributed by atoms with E-state index in [0.29, 0.717) is 0 Å². The van der Waals surface area contributed by atoms with E-state index in [9.17, 15) is 4.79 Å². The first-order chi connectivity index (χ1) is 8.43. The van der Waals surface area contributed by atoms with Crippen molar-refractivity contribution in [2.24, 2.45) is 11.1 Å². The van der Waals surface area contributed by atoms with Crippen molar-refractivity contribution in [3.63, 3.8) is 0 Å². The lowest BCUT2D eigenvalue weighted by molar-refractivity contribution is -0.127. The number of rotatable bonds is 3. The second-order valence-electron chi connectivity index (χ2n) is 5.21. The number of thiocarbonyl (C=S) groups is 1. The minimum absolute atomic E-state index is 0.0842. The number of aryl methyl sites for hydroxylation is 1. The number of hydrogen-bond donors (Lipinski definition) is 2. The number of fused-ring (bicyclic) bond motifs is 1. The van der Waals surface area contributed by atoms with Gasteiger partial charge in [0.05, 0.1) is 16.4 Å². The van der Waals surface area contributed by atoms with E-state index in [4.69, 9.17) is 18.0 Å². The van der Waals surface area contributed by atoms with E-state index in [1.807, 2.05) is 0 Å². The zero-order valence-corrected chi connectivity index (χ0v) is 12.3. The van der Waals surface area contributed by atoms with E-state index in [1.54, 1.807) is 25.2 Å². The Bertz CT molecular complexity index is 479. The fourth-order valence-electron chi connectivity index (χ4n) is 2.09. The van der Waals surface area contributed by atoms with Gasteiger partial charge in [-0.15, -0.1) is 11.3 Å². The SMILES string of the molecule is CC(C)(C(=O)NC1CCCc2sccc21)C(N)=S. The number of carbonyl (C=O) groups is 1. The Morgan fingerprint density at radius 3 is 3.00 bits per heavy atom. The third kappa shape index (κ3) is 2.42. The average molecular weight is 282 g/mol. The average Bonchev–Trinajstić information content (AvgIpc) is 2.77. The fourth-order valence-corrected chi connectivity index (χ4v) is 3.17. The standard InChI is InChI=1S/C13H18N2OS2/c1-13(2,11(14)17)12(16)15-9-4-3-5-10-8(9)6-7-18-10/h6-7,9H,3-5H2,1-2H3,(H2,14,17)(H,15,16). The van der Waals surface area contributed by atoms with Gasteiger partial charge in [0.1, 0.15) is 0 Å². The van der Waals surface area contributed by atoms with E-state index in [2.05, 4.69) is 16.8 Å². The van der Waals surface area contributed by atoms with Crippen molar-refractivity contribution in [3.05, 3.63) is 21.9 Å². The van der Waals surface area contributed by atoms with Crippen LogP contribution in [0.3, 0.4) is 0 Å². The van der Waals surface area contributed by atoms with Gasteiger partial charge in [0.15, 0.2) is 0 Å². The Morgan fingerprint density at radius 1 is 1.61 bits per heavy atom. The molecule has 1 aliphatic carbocycles. The number of carbonyl (C=O) groups excluding carboxylic acids is 1. The van der Waals surface area contributed by atoms with Crippen LogP contribution < -0.4 is 11.1 Å². The molecule has 1 atom stereocenters. The van der Waals surface area contributed by atoms with E-state index >= 15 is 0 Å². The molecule has 0 radical (unpaired) electrons. The maximum absolute atomic E-state index is 12.2. The van der Waals surface area contributed by atoms with Crippen LogP contribution in [0.25, 0.3) is 0 Å². The van der Waals surface area contributed by atoms with Gasteiger partial charge in [-0.2, -0.15) is 0 Å². The molecule has 1 heterocycles. The normalized spacial score (nSPS) is 19.1. The van der Waals surface area contributed by atoms with Crippen molar-refractivity contribution in [1.29, 1.82) is 0 Å². The molecule has 2 rings (SSSR count). The summed E-state index contributed by atoms with van der Waals surface area (Å²) in [7, 11) is 0. The van der Waals surface area contributed by atoms with Gasteiger partial charge in [-0.3, -0.25) is 4.79 Å². The predicted molar refractivity (Wildman–Crippen MR) is 78.7 cm³/mol. The van der Waals surface area contributed by atoms with E-state index < -0.39 is 5.41 Å². The van der Waals surface area contributed by atoms with Crippen molar-refractivity contribution in [3.8, 4) is 0 Å². The van der Waals surface area contributed by atoms with Gasteiger partial charge in [-0.25, -0.2) is 0 Å². The molecule has 3 N–H and O–H groups in total. The Kier molecular flexibility index (Phi) is 3.73. The van der Waals surface area contributed by atoms with Gasteiger partial charge in [0.25, 0.3) is 0 Å². The van der Waals surface area contributed by atoms with Crippen LogP contribution in [0.5, 0.6) is 0 Å². The highest BCUT2D eigenvalue weighted by Crippen LogP contribution is 2.34. The first kappa shape index (κ1) is 13.5. The van der Waals surface area contributed by atoms with Gasteiger partial charge in [-0.1, -0.05) is 12.2 Å². The first-order valence-corrected chi connectivity index (χ1v) is 7.39. The summed E-state index contributed by atoms with van der Waals surface area (Å²) in [5.41, 5.74) is 6.10. The molecule has 0 bridgehead atoms. The molecule has 0 saturated carbocycles. The summed E-state index contributed by atoms with van der Waals surface area (Å²) in [5.74, 6) is -0.0842. The lowest BCUT2D eigenvalue weighted by atomic mass is 9.89. The quantitative estimate of drug-likeness (QED) is 0.838. The van der Waals surface area contributed by atoms with Crippen LogP contribution in [-0.4, -0.2) is 10.9 Å². The summed E-state index contributed by atoms with van der Waals surface area (Å²) in [4.78, 5) is 13.9. The molecule has 1 aliphatic rings. The van der Waals surface area contributed by atoms with Gasteiger partial charge in [0.2, 0.25) is 5.91 Å². The molecular weight excluding hydrogens is 264 g/mol. The molecule has 0 spiro atoms. The number of nitrogens with one attached hydrogen (secondary N) is 1. The summed E-state index contributed by atoms with van der Waals surface area (Å²) in [6.45, 7) is 3.53. The summed E-state index contributed by atoms with van der Waals surface area (Å²) in [6.07, 6.45) is 3.23. The Morgan fingerprint density at radius 2 is 2.33 bits per heavy atom. The summed E-state index contributed by atoms with van der Waals surface area (Å²) >= 11 is 6.72. The maximum Gasteiger partial charge on any atom is 0.232 e. The van der Waals surface area contributed by atoms with E-state index in [-0.39, 0.29) is 16.9 Å². The maximum atomic E-state index is 12.2. The minimum atomic E-state index is -0.789. The molecule has 1 aromatic heterocycles. The number of nitrogens with two attached hydrogens (primary N) is 1. The number of amides is 1. The van der Waals surface area contributed by atoms with Crippen LogP contribution in [0.1, 0.15) is 43.2 Å². The van der Waals surface area contributed by atoms with Crippen molar-refractivity contribution in [2.75, 3.05) is 0 Å². The lowest BCUT2D eigenvalue weighted by Gasteiger charge is -2.29. The van der Waals surface area contributed by atoms with Gasteiger partial charge < -0.3 is 11.1 Å². The Hall–Kier alpha value is -0.940. The monoisotopic (exact) mass is 282 g/mol. The van der Waals surface area contributed by atoms with Gasteiger partial charge >= 0.3 is 0 Å². The summed E-state index contributed by atoms with van der Waals surface area (Å²) < 4.78 is 0. The van der Waals surface area contributed by atoms with E-state index in [1.165, 1.54) is 10.4 Å². The van der Waals surface area contributed by atoms with Crippen LogP contribution in [0, 0.1) is 5.41 Å². The third-order valence-electron chi connectivity index (χ3n) is 3.54. The number of thiophene rings is 1. The van der Waals surface area contributed by atoms with Crippen molar-refractivity contribution in [1.82, 2.24) is 5.32 Å². The number of hydrogen-bond acceptors (Lipinski definition) is 3.